The summed E-state index contributed by atoms with van der Waals surface area (Å²) in [5.41, 5.74) is 1.21. The smallest absolute Gasteiger partial charge is 0.163 e. The van der Waals surface area contributed by atoms with Crippen LogP contribution in [0, 0.1) is 15.2 Å². The molecular weight excluding hydrogens is 439 g/mol. The summed E-state index contributed by atoms with van der Waals surface area (Å²) >= 11 is 5.68. The van der Waals surface area contributed by atoms with Crippen molar-refractivity contribution in [1.82, 2.24) is 5.32 Å². The van der Waals surface area contributed by atoms with Gasteiger partial charge in [0.2, 0.25) is 0 Å². The van der Waals surface area contributed by atoms with Gasteiger partial charge in [0.25, 0.3) is 0 Å². The molecule has 0 fully saturated rings. The number of nitrogens with one attached hydrogen (secondary N) is 1. The van der Waals surface area contributed by atoms with E-state index in [0.717, 1.165) is 19.7 Å². The average molecular weight is 452 g/mol. The molecule has 1 atom stereocenters. The molecule has 2 aromatic rings. The highest BCUT2D eigenvalue weighted by molar-refractivity contribution is 14.1. The SMILES string of the molecule is CCNC(c1cc(I)ccc1Br)c1cccc(F)c1F. The third kappa shape index (κ3) is 3.38. The lowest BCUT2D eigenvalue weighted by Crippen LogP contribution is -2.23. The van der Waals surface area contributed by atoms with Gasteiger partial charge in [0.15, 0.2) is 11.6 Å². The van der Waals surface area contributed by atoms with Crippen molar-refractivity contribution in [2.75, 3.05) is 6.54 Å². The molecule has 2 rings (SSSR count). The van der Waals surface area contributed by atoms with E-state index < -0.39 is 11.6 Å². The standard InChI is InChI=1S/C15H13BrF2IN/c1-2-20-15(10-4-3-5-13(17)14(10)18)11-8-9(19)6-7-12(11)16/h3-8,15,20H,2H2,1H3. The van der Waals surface area contributed by atoms with E-state index >= 15 is 0 Å². The molecule has 0 bridgehead atoms. The first-order valence-corrected chi connectivity index (χ1v) is 8.04. The van der Waals surface area contributed by atoms with E-state index in [4.69, 9.17) is 0 Å². The summed E-state index contributed by atoms with van der Waals surface area (Å²) in [6.45, 7) is 2.59. The molecule has 106 valence electrons. The normalized spacial score (nSPS) is 12.4. The molecule has 0 aromatic heterocycles. The molecule has 0 spiro atoms. The molecule has 5 heteroatoms. The fraction of sp³-hybridized carbons (Fsp3) is 0.200. The van der Waals surface area contributed by atoms with E-state index in [1.54, 1.807) is 6.07 Å². The van der Waals surface area contributed by atoms with Crippen molar-refractivity contribution in [3.8, 4) is 0 Å². The van der Waals surface area contributed by atoms with Gasteiger partial charge in [-0.3, -0.25) is 0 Å². The fourth-order valence-corrected chi connectivity index (χ4v) is 3.06. The zero-order valence-electron chi connectivity index (χ0n) is 10.8. The van der Waals surface area contributed by atoms with Crippen LogP contribution < -0.4 is 5.32 Å². The van der Waals surface area contributed by atoms with E-state index in [0.29, 0.717) is 12.1 Å². The quantitative estimate of drug-likeness (QED) is 0.643. The minimum Gasteiger partial charge on any atom is -0.306 e. The maximum Gasteiger partial charge on any atom is 0.163 e. The van der Waals surface area contributed by atoms with Gasteiger partial charge in [0, 0.05) is 13.6 Å². The van der Waals surface area contributed by atoms with Crippen LogP contribution in [-0.2, 0) is 0 Å². The first kappa shape index (κ1) is 15.9. The Morgan fingerprint density at radius 3 is 2.65 bits per heavy atom. The number of rotatable bonds is 4. The Hall–Kier alpha value is -0.530. The van der Waals surface area contributed by atoms with Crippen LogP contribution in [0.5, 0.6) is 0 Å². The van der Waals surface area contributed by atoms with Gasteiger partial charge < -0.3 is 5.32 Å². The summed E-state index contributed by atoms with van der Waals surface area (Å²) in [7, 11) is 0. The lowest BCUT2D eigenvalue weighted by atomic mass is 9.98. The fourth-order valence-electron chi connectivity index (χ4n) is 2.07. The molecule has 20 heavy (non-hydrogen) atoms. The lowest BCUT2D eigenvalue weighted by molar-refractivity contribution is 0.482. The van der Waals surface area contributed by atoms with Gasteiger partial charge in [-0.25, -0.2) is 8.78 Å². The summed E-state index contributed by atoms with van der Waals surface area (Å²) in [6.07, 6.45) is 0. The second-order valence-electron chi connectivity index (χ2n) is 4.30. The Labute approximate surface area is 139 Å². The van der Waals surface area contributed by atoms with Crippen LogP contribution in [0.25, 0.3) is 0 Å². The van der Waals surface area contributed by atoms with Crippen LogP contribution in [0.3, 0.4) is 0 Å². The molecule has 1 nitrogen and oxygen atoms in total. The predicted molar refractivity (Wildman–Crippen MR) is 88.7 cm³/mol. The molecule has 0 aliphatic carbocycles. The number of hydrogen-bond donors (Lipinski definition) is 1. The molecular formula is C15H13BrF2IN. The second-order valence-corrected chi connectivity index (χ2v) is 6.40. The Kier molecular flexibility index (Phi) is 5.51. The van der Waals surface area contributed by atoms with Crippen molar-refractivity contribution in [2.45, 2.75) is 13.0 Å². The van der Waals surface area contributed by atoms with Gasteiger partial charge in [-0.15, -0.1) is 0 Å². The van der Waals surface area contributed by atoms with Gasteiger partial charge in [0.1, 0.15) is 0 Å². The molecule has 0 aliphatic heterocycles. The molecule has 0 saturated carbocycles. The third-order valence-corrected chi connectivity index (χ3v) is 4.36. The van der Waals surface area contributed by atoms with E-state index in [1.807, 2.05) is 25.1 Å². The number of halogens is 4. The van der Waals surface area contributed by atoms with E-state index in [9.17, 15) is 8.78 Å². The largest absolute Gasteiger partial charge is 0.306 e. The van der Waals surface area contributed by atoms with Crippen molar-refractivity contribution < 1.29 is 8.78 Å². The van der Waals surface area contributed by atoms with Crippen LogP contribution >= 0.6 is 38.5 Å². The van der Waals surface area contributed by atoms with E-state index in [-0.39, 0.29) is 6.04 Å². The Morgan fingerprint density at radius 1 is 1.20 bits per heavy atom. The zero-order chi connectivity index (χ0) is 14.7. The third-order valence-electron chi connectivity index (χ3n) is 2.97. The first-order chi connectivity index (χ1) is 9.54. The first-order valence-electron chi connectivity index (χ1n) is 6.16. The van der Waals surface area contributed by atoms with Gasteiger partial charge >= 0.3 is 0 Å². The van der Waals surface area contributed by atoms with Crippen molar-refractivity contribution >= 4 is 38.5 Å². The van der Waals surface area contributed by atoms with Crippen LogP contribution in [0.2, 0.25) is 0 Å². The van der Waals surface area contributed by atoms with E-state index in [2.05, 4.69) is 43.8 Å². The van der Waals surface area contributed by atoms with Crippen LogP contribution in [0.1, 0.15) is 24.1 Å². The van der Waals surface area contributed by atoms with Crippen molar-refractivity contribution in [2.24, 2.45) is 0 Å². The second kappa shape index (κ2) is 6.95. The predicted octanol–water partition coefficient (Wildman–Crippen LogP) is 5.03. The topological polar surface area (TPSA) is 12.0 Å². The maximum absolute atomic E-state index is 14.1. The summed E-state index contributed by atoms with van der Waals surface area (Å²) < 4.78 is 29.4. The highest BCUT2D eigenvalue weighted by atomic mass is 127. The van der Waals surface area contributed by atoms with Crippen LogP contribution in [0.15, 0.2) is 40.9 Å². The summed E-state index contributed by atoms with van der Waals surface area (Å²) in [6, 6.07) is 9.71. The lowest BCUT2D eigenvalue weighted by Gasteiger charge is -2.21. The van der Waals surface area contributed by atoms with Gasteiger partial charge in [0.05, 0.1) is 6.04 Å². The average Bonchev–Trinajstić information content (AvgIpc) is 2.43. The molecule has 0 amide bonds. The molecule has 0 aliphatic rings. The molecule has 0 saturated heterocycles. The monoisotopic (exact) mass is 451 g/mol. The zero-order valence-corrected chi connectivity index (χ0v) is 14.5. The minimum absolute atomic E-state index is 0.314. The highest BCUT2D eigenvalue weighted by Crippen LogP contribution is 2.31. The van der Waals surface area contributed by atoms with Crippen LogP contribution in [-0.4, -0.2) is 6.54 Å². The Balaban J connectivity index is 2.56. The molecule has 1 unspecified atom stereocenters. The Morgan fingerprint density at radius 2 is 1.95 bits per heavy atom. The highest BCUT2D eigenvalue weighted by Gasteiger charge is 2.21. The molecule has 0 heterocycles. The number of hydrogen-bond acceptors (Lipinski definition) is 1. The molecule has 0 radical (unpaired) electrons. The summed E-state index contributed by atoms with van der Waals surface area (Å²) in [5, 5.41) is 3.21. The molecule has 1 N–H and O–H groups in total. The van der Waals surface area contributed by atoms with Gasteiger partial charge in [-0.05, 0) is 59.0 Å². The number of benzene rings is 2. The molecule has 2 aromatic carbocycles. The van der Waals surface area contributed by atoms with Crippen molar-refractivity contribution in [3.05, 3.63) is 67.2 Å². The summed E-state index contributed by atoms with van der Waals surface area (Å²) in [4.78, 5) is 0. The minimum atomic E-state index is -0.827. The van der Waals surface area contributed by atoms with Gasteiger partial charge in [-0.2, -0.15) is 0 Å². The van der Waals surface area contributed by atoms with Crippen molar-refractivity contribution in [3.63, 3.8) is 0 Å². The van der Waals surface area contributed by atoms with E-state index in [1.165, 1.54) is 6.07 Å². The Bertz CT molecular complexity index is 617. The van der Waals surface area contributed by atoms with Crippen molar-refractivity contribution in [1.29, 1.82) is 0 Å². The van der Waals surface area contributed by atoms with Crippen LogP contribution in [0.4, 0.5) is 8.78 Å². The van der Waals surface area contributed by atoms with Gasteiger partial charge in [-0.1, -0.05) is 35.0 Å². The summed E-state index contributed by atoms with van der Waals surface area (Å²) in [5.74, 6) is -1.63. The maximum atomic E-state index is 14.1.